The Kier molecular flexibility index (Phi) is 11.4. The van der Waals surface area contributed by atoms with Gasteiger partial charge < -0.3 is 24.0 Å². The molecule has 0 atom stereocenters. The SMILES string of the molecule is CC(C)(C)[Si](OCCOCCOCCNC(=O)OCc1ccccc1)(c1ccccc1)c1ccccc1. The lowest BCUT2D eigenvalue weighted by molar-refractivity contribution is 0.0357. The first-order chi connectivity index (χ1) is 17.9. The van der Waals surface area contributed by atoms with Gasteiger partial charge in [-0.2, -0.15) is 0 Å². The monoisotopic (exact) mass is 521 g/mol. The third kappa shape index (κ3) is 8.54. The lowest BCUT2D eigenvalue weighted by Gasteiger charge is -2.43. The van der Waals surface area contributed by atoms with E-state index in [0.29, 0.717) is 39.6 Å². The number of carbonyl (C=O) groups excluding carboxylic acids is 1. The Morgan fingerprint density at radius 3 is 1.73 bits per heavy atom. The molecule has 0 heterocycles. The zero-order valence-corrected chi connectivity index (χ0v) is 23.2. The van der Waals surface area contributed by atoms with Gasteiger partial charge in [-0.3, -0.25) is 0 Å². The molecule has 7 heteroatoms. The number of nitrogens with one attached hydrogen (secondary N) is 1. The fraction of sp³-hybridized carbons (Fsp3) is 0.367. The molecule has 37 heavy (non-hydrogen) atoms. The summed E-state index contributed by atoms with van der Waals surface area (Å²) >= 11 is 0. The van der Waals surface area contributed by atoms with Gasteiger partial charge in [0, 0.05) is 6.54 Å². The average molecular weight is 522 g/mol. The molecular formula is C30H39NO5Si. The van der Waals surface area contributed by atoms with Crippen molar-refractivity contribution in [3.63, 3.8) is 0 Å². The molecule has 0 spiro atoms. The summed E-state index contributed by atoms with van der Waals surface area (Å²) in [5, 5.41) is 5.13. The van der Waals surface area contributed by atoms with Crippen LogP contribution in [0.4, 0.5) is 4.79 Å². The van der Waals surface area contributed by atoms with Crippen molar-refractivity contribution >= 4 is 24.8 Å². The number of hydrogen-bond acceptors (Lipinski definition) is 5. The highest BCUT2D eigenvalue weighted by molar-refractivity contribution is 6.99. The van der Waals surface area contributed by atoms with E-state index in [-0.39, 0.29) is 11.6 Å². The third-order valence-corrected chi connectivity index (χ3v) is 11.1. The smallest absolute Gasteiger partial charge is 0.407 e. The molecule has 0 aliphatic rings. The van der Waals surface area contributed by atoms with Crippen LogP contribution in [0.25, 0.3) is 0 Å². The van der Waals surface area contributed by atoms with Gasteiger partial charge in [-0.15, -0.1) is 0 Å². The zero-order chi connectivity index (χ0) is 26.4. The van der Waals surface area contributed by atoms with E-state index in [4.69, 9.17) is 18.6 Å². The summed E-state index contributed by atoms with van der Waals surface area (Å²) in [6, 6.07) is 30.7. The maximum Gasteiger partial charge on any atom is 0.407 e. The maximum absolute atomic E-state index is 11.8. The summed E-state index contributed by atoms with van der Waals surface area (Å²) in [6.07, 6.45) is -0.454. The van der Waals surface area contributed by atoms with Gasteiger partial charge in [0.2, 0.25) is 0 Å². The molecule has 1 amide bonds. The van der Waals surface area contributed by atoms with Gasteiger partial charge in [-0.25, -0.2) is 4.79 Å². The highest BCUT2D eigenvalue weighted by Crippen LogP contribution is 2.36. The summed E-state index contributed by atoms with van der Waals surface area (Å²) in [7, 11) is -2.54. The van der Waals surface area contributed by atoms with Crippen LogP contribution in [-0.2, 0) is 25.2 Å². The quantitative estimate of drug-likeness (QED) is 0.250. The fourth-order valence-corrected chi connectivity index (χ4v) is 8.88. The Balaban J connectivity index is 1.37. The Morgan fingerprint density at radius 1 is 0.703 bits per heavy atom. The van der Waals surface area contributed by atoms with Crippen molar-refractivity contribution in [3.8, 4) is 0 Å². The second-order valence-electron chi connectivity index (χ2n) is 9.72. The van der Waals surface area contributed by atoms with Crippen LogP contribution in [0.1, 0.15) is 26.3 Å². The maximum atomic E-state index is 11.8. The van der Waals surface area contributed by atoms with E-state index in [0.717, 1.165) is 5.56 Å². The van der Waals surface area contributed by atoms with Crippen molar-refractivity contribution in [1.82, 2.24) is 5.32 Å². The molecule has 1 N–H and O–H groups in total. The molecule has 0 fully saturated rings. The summed E-state index contributed by atoms with van der Waals surface area (Å²) in [5.41, 5.74) is 0.949. The second-order valence-corrected chi connectivity index (χ2v) is 14.0. The Labute approximate surface area is 222 Å². The van der Waals surface area contributed by atoms with Crippen molar-refractivity contribution in [1.29, 1.82) is 0 Å². The van der Waals surface area contributed by atoms with Gasteiger partial charge in [0.15, 0.2) is 0 Å². The van der Waals surface area contributed by atoms with E-state index in [2.05, 4.69) is 74.6 Å². The van der Waals surface area contributed by atoms with Gasteiger partial charge in [0.1, 0.15) is 6.61 Å². The van der Waals surface area contributed by atoms with E-state index in [9.17, 15) is 4.79 Å². The van der Waals surface area contributed by atoms with E-state index in [1.807, 2.05) is 42.5 Å². The first kappa shape index (κ1) is 28.6. The zero-order valence-electron chi connectivity index (χ0n) is 22.2. The van der Waals surface area contributed by atoms with E-state index in [1.54, 1.807) is 0 Å². The molecule has 0 radical (unpaired) electrons. The number of rotatable bonds is 14. The first-order valence-corrected chi connectivity index (χ1v) is 14.7. The van der Waals surface area contributed by atoms with Crippen molar-refractivity contribution in [2.24, 2.45) is 0 Å². The van der Waals surface area contributed by atoms with Crippen molar-refractivity contribution in [2.75, 3.05) is 39.6 Å². The van der Waals surface area contributed by atoms with Gasteiger partial charge in [-0.1, -0.05) is 112 Å². The topological polar surface area (TPSA) is 66.0 Å². The van der Waals surface area contributed by atoms with Crippen LogP contribution in [0.2, 0.25) is 5.04 Å². The van der Waals surface area contributed by atoms with Crippen LogP contribution >= 0.6 is 0 Å². The van der Waals surface area contributed by atoms with Crippen LogP contribution in [-0.4, -0.2) is 54.0 Å². The molecule has 0 saturated heterocycles. The lowest BCUT2D eigenvalue weighted by atomic mass is 10.2. The Hall–Kier alpha value is -2.97. The fourth-order valence-electron chi connectivity index (χ4n) is 4.34. The number of alkyl carbamates (subject to hydrolysis) is 1. The standard InChI is InChI=1S/C30H39NO5Si/c1-30(2,3)37(27-15-9-5-10-16-27,28-17-11-6-12-18-28)36-24-23-34-22-21-33-20-19-31-29(32)35-25-26-13-7-4-8-14-26/h4-18H,19-25H2,1-3H3,(H,31,32). The van der Waals surface area contributed by atoms with Crippen molar-refractivity contribution in [3.05, 3.63) is 96.6 Å². The summed E-state index contributed by atoms with van der Waals surface area (Å²) in [4.78, 5) is 11.8. The molecule has 0 unspecified atom stereocenters. The van der Waals surface area contributed by atoms with Gasteiger partial charge >= 0.3 is 6.09 Å². The Bertz CT molecular complexity index is 1000. The van der Waals surface area contributed by atoms with E-state index in [1.165, 1.54) is 10.4 Å². The van der Waals surface area contributed by atoms with Crippen LogP contribution in [0.15, 0.2) is 91.0 Å². The molecule has 0 aliphatic heterocycles. The molecule has 3 rings (SSSR count). The molecule has 0 saturated carbocycles. The number of hydrogen-bond donors (Lipinski definition) is 1. The molecule has 0 aromatic heterocycles. The largest absolute Gasteiger partial charge is 0.445 e. The molecule has 0 aliphatic carbocycles. The number of carbonyl (C=O) groups is 1. The summed E-state index contributed by atoms with van der Waals surface area (Å²) in [5.74, 6) is 0. The summed E-state index contributed by atoms with van der Waals surface area (Å²) in [6.45, 7) is 9.70. The second kappa shape index (κ2) is 14.7. The minimum Gasteiger partial charge on any atom is -0.445 e. The van der Waals surface area contributed by atoms with E-state index >= 15 is 0 Å². The van der Waals surface area contributed by atoms with Crippen LogP contribution < -0.4 is 15.7 Å². The highest BCUT2D eigenvalue weighted by Gasteiger charge is 2.49. The van der Waals surface area contributed by atoms with Gasteiger partial charge in [-0.05, 0) is 21.0 Å². The number of amides is 1. The molecule has 6 nitrogen and oxygen atoms in total. The molecule has 198 valence electrons. The first-order valence-electron chi connectivity index (χ1n) is 12.8. The predicted molar refractivity (Wildman–Crippen MR) is 150 cm³/mol. The lowest BCUT2D eigenvalue weighted by Crippen LogP contribution is -2.66. The highest BCUT2D eigenvalue weighted by atomic mass is 28.4. The van der Waals surface area contributed by atoms with Crippen LogP contribution in [0.3, 0.4) is 0 Å². The van der Waals surface area contributed by atoms with Gasteiger partial charge in [0.25, 0.3) is 8.32 Å². The third-order valence-electron chi connectivity index (χ3n) is 6.06. The number of benzene rings is 3. The van der Waals surface area contributed by atoms with Crippen LogP contribution in [0.5, 0.6) is 0 Å². The van der Waals surface area contributed by atoms with Gasteiger partial charge in [0.05, 0.1) is 33.0 Å². The number of ether oxygens (including phenoxy) is 3. The molecule has 0 bridgehead atoms. The van der Waals surface area contributed by atoms with E-state index < -0.39 is 14.4 Å². The van der Waals surface area contributed by atoms with Crippen molar-refractivity contribution < 1.29 is 23.4 Å². The molecular weight excluding hydrogens is 482 g/mol. The predicted octanol–water partition coefficient (Wildman–Crippen LogP) is 4.52. The minimum atomic E-state index is -2.54. The summed E-state index contributed by atoms with van der Waals surface area (Å²) < 4.78 is 23.3. The molecule has 3 aromatic carbocycles. The normalized spacial score (nSPS) is 11.8. The Morgan fingerprint density at radius 2 is 1.19 bits per heavy atom. The minimum absolute atomic E-state index is 0.0614. The molecule has 3 aromatic rings. The van der Waals surface area contributed by atoms with Crippen LogP contribution in [0, 0.1) is 0 Å². The van der Waals surface area contributed by atoms with Crippen molar-refractivity contribution in [2.45, 2.75) is 32.4 Å². The average Bonchev–Trinajstić information content (AvgIpc) is 2.91.